The molecule has 0 radical (unpaired) electrons. The first kappa shape index (κ1) is 10.6. The van der Waals surface area contributed by atoms with Gasteiger partial charge in [-0.15, -0.1) is 11.3 Å². The van der Waals surface area contributed by atoms with Crippen LogP contribution < -0.4 is 0 Å². The van der Waals surface area contributed by atoms with Gasteiger partial charge in [-0.1, -0.05) is 0 Å². The van der Waals surface area contributed by atoms with Crippen LogP contribution in [0, 0.1) is 5.95 Å². The summed E-state index contributed by atoms with van der Waals surface area (Å²) in [5, 5.41) is 1.10. The van der Waals surface area contributed by atoms with Gasteiger partial charge >= 0.3 is 0 Å². The fraction of sp³-hybridized carbons (Fsp3) is 0. The summed E-state index contributed by atoms with van der Waals surface area (Å²) >= 11 is 1.63. The van der Waals surface area contributed by atoms with E-state index in [1.54, 1.807) is 17.5 Å². The molecule has 1 N–H and O–H groups in total. The van der Waals surface area contributed by atoms with Gasteiger partial charge in [0.2, 0.25) is 5.95 Å². The number of thiophene rings is 1. The number of nitrogens with one attached hydrogen (secondary N) is 1. The molecule has 0 saturated carbocycles. The molecule has 4 aromatic heterocycles. The van der Waals surface area contributed by atoms with Crippen molar-refractivity contribution < 1.29 is 4.39 Å². The molecule has 0 atom stereocenters. The van der Waals surface area contributed by atoms with Gasteiger partial charge in [-0.05, 0) is 23.8 Å². The van der Waals surface area contributed by atoms with Gasteiger partial charge in [0.25, 0.3) is 0 Å². The summed E-state index contributed by atoms with van der Waals surface area (Å²) in [6.45, 7) is 0. The lowest BCUT2D eigenvalue weighted by molar-refractivity contribution is 0.584. The van der Waals surface area contributed by atoms with Crippen LogP contribution in [0.25, 0.3) is 31.6 Å². The summed E-state index contributed by atoms with van der Waals surface area (Å²) in [5.74, 6) is -0.457. The largest absolute Gasteiger partial charge is 0.354 e. The van der Waals surface area contributed by atoms with Crippen LogP contribution in [0.2, 0.25) is 0 Å². The number of aromatic nitrogens is 3. The molecule has 19 heavy (non-hydrogen) atoms. The molecule has 0 aromatic carbocycles. The van der Waals surface area contributed by atoms with E-state index < -0.39 is 5.95 Å². The number of nitrogens with zero attached hydrogens (tertiary/aromatic N) is 2. The number of hydrogen-bond acceptors (Lipinski definition) is 3. The minimum atomic E-state index is -0.457. The highest BCUT2D eigenvalue weighted by Crippen LogP contribution is 2.37. The number of fused-ring (bicyclic) bond motifs is 3. The number of pyridine rings is 2. The third-order valence-corrected chi connectivity index (χ3v) is 4.30. The molecule has 0 aliphatic carbocycles. The van der Waals surface area contributed by atoms with Crippen molar-refractivity contribution >= 4 is 32.5 Å². The molecule has 0 fully saturated rings. The first-order valence-electron chi connectivity index (χ1n) is 5.78. The lowest BCUT2D eigenvalue weighted by atomic mass is 10.2. The summed E-state index contributed by atoms with van der Waals surface area (Å²) in [6.07, 6.45) is 5.10. The van der Waals surface area contributed by atoms with Crippen molar-refractivity contribution in [3.63, 3.8) is 0 Å². The molecule has 5 heteroatoms. The Morgan fingerprint density at radius 2 is 2.05 bits per heavy atom. The van der Waals surface area contributed by atoms with Gasteiger partial charge in [0.15, 0.2) is 0 Å². The van der Waals surface area contributed by atoms with Crippen LogP contribution in [0.15, 0.2) is 42.9 Å². The number of rotatable bonds is 1. The Kier molecular flexibility index (Phi) is 2.16. The average Bonchev–Trinajstić information content (AvgIpc) is 2.96. The quantitative estimate of drug-likeness (QED) is 0.531. The Morgan fingerprint density at radius 3 is 2.95 bits per heavy atom. The molecule has 0 amide bonds. The van der Waals surface area contributed by atoms with Gasteiger partial charge in [-0.3, -0.25) is 4.98 Å². The van der Waals surface area contributed by atoms with Gasteiger partial charge in [-0.25, -0.2) is 4.98 Å². The predicted molar refractivity (Wildman–Crippen MR) is 74.7 cm³/mol. The van der Waals surface area contributed by atoms with Gasteiger partial charge in [0, 0.05) is 34.9 Å². The van der Waals surface area contributed by atoms with Crippen LogP contribution in [-0.4, -0.2) is 15.0 Å². The second-order valence-electron chi connectivity index (χ2n) is 4.27. The first-order valence-corrected chi connectivity index (χ1v) is 6.60. The highest BCUT2D eigenvalue weighted by atomic mass is 32.1. The summed E-state index contributed by atoms with van der Waals surface area (Å²) in [4.78, 5) is 12.1. The molecule has 0 unspecified atom stereocenters. The van der Waals surface area contributed by atoms with Crippen molar-refractivity contribution in [2.24, 2.45) is 0 Å². The predicted octanol–water partition coefficient (Wildman–Crippen LogP) is 3.98. The lowest BCUT2D eigenvalue weighted by Gasteiger charge is -1.95. The van der Waals surface area contributed by atoms with Crippen LogP contribution in [0.1, 0.15) is 0 Å². The number of H-pyrrole nitrogens is 1. The maximum absolute atomic E-state index is 13.2. The van der Waals surface area contributed by atoms with Crippen molar-refractivity contribution in [3.8, 4) is 10.4 Å². The average molecular weight is 269 g/mol. The normalized spacial score (nSPS) is 11.4. The molecule has 0 aliphatic rings. The topological polar surface area (TPSA) is 41.6 Å². The first-order chi connectivity index (χ1) is 9.31. The van der Waals surface area contributed by atoms with Crippen LogP contribution >= 0.6 is 11.3 Å². The van der Waals surface area contributed by atoms with Crippen molar-refractivity contribution in [3.05, 3.63) is 48.8 Å². The summed E-state index contributed by atoms with van der Waals surface area (Å²) in [5.41, 5.74) is 2.98. The van der Waals surface area contributed by atoms with E-state index in [9.17, 15) is 4.39 Å². The van der Waals surface area contributed by atoms with Gasteiger partial charge in [0.05, 0.1) is 15.7 Å². The van der Waals surface area contributed by atoms with E-state index in [4.69, 9.17) is 0 Å². The van der Waals surface area contributed by atoms with Crippen molar-refractivity contribution in [1.29, 1.82) is 0 Å². The maximum Gasteiger partial charge on any atom is 0.213 e. The fourth-order valence-electron chi connectivity index (χ4n) is 2.21. The zero-order chi connectivity index (χ0) is 12.8. The zero-order valence-corrected chi connectivity index (χ0v) is 10.5. The SMILES string of the molecule is Fc1cc(-c2cc3[nH]c4ccncc4c3s2)ccn1. The molecular weight excluding hydrogens is 261 g/mol. The summed E-state index contributed by atoms with van der Waals surface area (Å²) < 4.78 is 14.3. The number of hydrogen-bond donors (Lipinski definition) is 1. The van der Waals surface area contributed by atoms with E-state index in [0.29, 0.717) is 0 Å². The highest BCUT2D eigenvalue weighted by Gasteiger charge is 2.10. The molecule has 4 rings (SSSR count). The van der Waals surface area contributed by atoms with E-state index >= 15 is 0 Å². The monoisotopic (exact) mass is 269 g/mol. The molecule has 92 valence electrons. The molecule has 4 aromatic rings. The Balaban J connectivity index is 1.97. The Morgan fingerprint density at radius 1 is 1.11 bits per heavy atom. The fourth-order valence-corrected chi connectivity index (χ4v) is 3.35. The molecule has 0 spiro atoms. The van der Waals surface area contributed by atoms with E-state index in [2.05, 4.69) is 15.0 Å². The molecule has 3 nitrogen and oxygen atoms in total. The number of halogens is 1. The smallest absolute Gasteiger partial charge is 0.213 e. The van der Waals surface area contributed by atoms with Crippen LogP contribution in [0.3, 0.4) is 0 Å². The second-order valence-corrected chi connectivity index (χ2v) is 5.32. The Hall–Kier alpha value is -2.27. The second kappa shape index (κ2) is 3.86. The molecule has 4 heterocycles. The standard InChI is InChI=1S/C14H8FN3S/c15-13-5-8(1-4-17-13)12-6-11-14(19-12)9-7-16-3-2-10(9)18-11/h1-7,18H. The van der Waals surface area contributed by atoms with Crippen LogP contribution in [0.4, 0.5) is 4.39 Å². The number of aromatic amines is 1. The highest BCUT2D eigenvalue weighted by molar-refractivity contribution is 7.23. The maximum atomic E-state index is 13.2. The Bertz CT molecular complexity index is 894. The zero-order valence-electron chi connectivity index (χ0n) is 9.72. The minimum Gasteiger partial charge on any atom is -0.354 e. The molecule has 0 aliphatic heterocycles. The van der Waals surface area contributed by atoms with E-state index in [0.717, 1.165) is 31.6 Å². The third-order valence-electron chi connectivity index (χ3n) is 3.08. The molecule has 0 saturated heterocycles. The minimum absolute atomic E-state index is 0.457. The summed E-state index contributed by atoms with van der Waals surface area (Å²) in [6, 6.07) is 7.25. The molecular formula is C14H8FN3S. The lowest BCUT2D eigenvalue weighted by Crippen LogP contribution is -1.81. The van der Waals surface area contributed by atoms with Gasteiger partial charge in [-0.2, -0.15) is 4.39 Å². The summed E-state index contributed by atoms with van der Waals surface area (Å²) in [7, 11) is 0. The van der Waals surface area contributed by atoms with Gasteiger partial charge in [0.1, 0.15) is 0 Å². The van der Waals surface area contributed by atoms with Crippen LogP contribution in [0.5, 0.6) is 0 Å². The third kappa shape index (κ3) is 1.62. The molecule has 0 bridgehead atoms. The van der Waals surface area contributed by atoms with Crippen LogP contribution in [-0.2, 0) is 0 Å². The Labute approximate surface area is 111 Å². The van der Waals surface area contributed by atoms with Crippen molar-refractivity contribution in [2.75, 3.05) is 0 Å². The van der Waals surface area contributed by atoms with Gasteiger partial charge < -0.3 is 4.98 Å². The van der Waals surface area contributed by atoms with E-state index in [1.807, 2.05) is 24.4 Å². The van der Waals surface area contributed by atoms with Crippen molar-refractivity contribution in [2.45, 2.75) is 0 Å². The van der Waals surface area contributed by atoms with E-state index in [-0.39, 0.29) is 0 Å². The van der Waals surface area contributed by atoms with Crippen molar-refractivity contribution in [1.82, 2.24) is 15.0 Å². The van der Waals surface area contributed by atoms with E-state index in [1.165, 1.54) is 12.3 Å².